The van der Waals surface area contributed by atoms with Gasteiger partial charge in [-0.25, -0.2) is 4.39 Å². The zero-order valence-corrected chi connectivity index (χ0v) is 9.03. The van der Waals surface area contributed by atoms with E-state index in [0.717, 1.165) is 22.4 Å². The summed E-state index contributed by atoms with van der Waals surface area (Å²) in [6, 6.07) is 12.1. The summed E-state index contributed by atoms with van der Waals surface area (Å²) >= 11 is 0. The molecule has 84 valence electrons. The van der Waals surface area contributed by atoms with Crippen LogP contribution >= 0.6 is 0 Å². The van der Waals surface area contributed by atoms with Crippen molar-refractivity contribution in [1.29, 1.82) is 0 Å². The largest absolute Gasteiger partial charge is 0.326 e. The molecule has 0 fully saturated rings. The lowest BCUT2D eigenvalue weighted by Crippen LogP contribution is -2.03. The molecular formula is C14H10FNO. The van der Waals surface area contributed by atoms with Gasteiger partial charge in [-0.3, -0.25) is 4.79 Å². The number of nitrogens with one attached hydrogen (secondary N) is 1. The molecule has 1 aliphatic rings. The van der Waals surface area contributed by atoms with Gasteiger partial charge in [-0.2, -0.15) is 0 Å². The van der Waals surface area contributed by atoms with E-state index in [0.29, 0.717) is 6.42 Å². The number of fused-ring (bicyclic) bond motifs is 1. The third-order valence-electron chi connectivity index (χ3n) is 2.89. The van der Waals surface area contributed by atoms with Crippen molar-refractivity contribution in [2.75, 3.05) is 5.32 Å². The van der Waals surface area contributed by atoms with Crippen LogP contribution in [0.5, 0.6) is 0 Å². The summed E-state index contributed by atoms with van der Waals surface area (Å²) in [5, 5.41) is 2.77. The lowest BCUT2D eigenvalue weighted by atomic mass is 10.0. The summed E-state index contributed by atoms with van der Waals surface area (Å²) in [6.07, 6.45) is 0.401. The van der Waals surface area contributed by atoms with E-state index in [1.54, 1.807) is 6.07 Å². The monoisotopic (exact) mass is 227 g/mol. The van der Waals surface area contributed by atoms with E-state index >= 15 is 0 Å². The van der Waals surface area contributed by atoms with Crippen molar-refractivity contribution in [3.63, 3.8) is 0 Å². The van der Waals surface area contributed by atoms with E-state index in [2.05, 4.69) is 5.32 Å². The predicted octanol–water partition coefficient (Wildman–Crippen LogP) is 2.99. The van der Waals surface area contributed by atoms with Crippen LogP contribution in [-0.4, -0.2) is 5.91 Å². The molecule has 0 unspecified atom stereocenters. The number of halogens is 1. The second-order valence-electron chi connectivity index (χ2n) is 4.11. The van der Waals surface area contributed by atoms with Crippen LogP contribution in [0.15, 0.2) is 42.5 Å². The summed E-state index contributed by atoms with van der Waals surface area (Å²) in [6.45, 7) is 0. The first-order valence-electron chi connectivity index (χ1n) is 5.41. The summed E-state index contributed by atoms with van der Waals surface area (Å²) in [5.41, 5.74) is 3.58. The molecule has 0 saturated carbocycles. The second-order valence-corrected chi connectivity index (χ2v) is 4.11. The van der Waals surface area contributed by atoms with Crippen molar-refractivity contribution >= 4 is 11.6 Å². The molecule has 0 radical (unpaired) electrons. The average Bonchev–Trinajstić information content (AvgIpc) is 2.68. The van der Waals surface area contributed by atoms with Crippen molar-refractivity contribution in [2.45, 2.75) is 6.42 Å². The Morgan fingerprint density at radius 1 is 1.06 bits per heavy atom. The minimum Gasteiger partial charge on any atom is -0.326 e. The van der Waals surface area contributed by atoms with Gasteiger partial charge >= 0.3 is 0 Å². The highest BCUT2D eigenvalue weighted by Crippen LogP contribution is 2.29. The maximum absolute atomic E-state index is 13.1. The molecule has 1 amide bonds. The van der Waals surface area contributed by atoms with E-state index in [1.165, 1.54) is 12.1 Å². The van der Waals surface area contributed by atoms with Crippen molar-refractivity contribution in [2.24, 2.45) is 0 Å². The van der Waals surface area contributed by atoms with Crippen LogP contribution in [0.2, 0.25) is 0 Å². The molecule has 3 heteroatoms. The maximum Gasteiger partial charge on any atom is 0.228 e. The Balaban J connectivity index is 2.06. The van der Waals surface area contributed by atoms with Gasteiger partial charge in [-0.1, -0.05) is 18.2 Å². The van der Waals surface area contributed by atoms with Crippen LogP contribution in [0.4, 0.5) is 10.1 Å². The Bertz CT molecular complexity index is 607. The van der Waals surface area contributed by atoms with E-state index in [9.17, 15) is 9.18 Å². The number of anilines is 1. The molecule has 0 saturated heterocycles. The first-order chi connectivity index (χ1) is 8.22. The molecule has 1 aliphatic heterocycles. The van der Waals surface area contributed by atoms with Crippen molar-refractivity contribution in [3.8, 4) is 11.1 Å². The molecule has 0 bridgehead atoms. The molecular weight excluding hydrogens is 217 g/mol. The number of hydrogen-bond donors (Lipinski definition) is 1. The predicted molar refractivity (Wildman–Crippen MR) is 64.2 cm³/mol. The topological polar surface area (TPSA) is 29.1 Å². The van der Waals surface area contributed by atoms with Crippen LogP contribution in [0.25, 0.3) is 11.1 Å². The zero-order chi connectivity index (χ0) is 11.8. The van der Waals surface area contributed by atoms with E-state index < -0.39 is 0 Å². The van der Waals surface area contributed by atoms with Gasteiger partial charge in [0.05, 0.1) is 6.42 Å². The van der Waals surface area contributed by atoms with Crippen molar-refractivity contribution in [1.82, 2.24) is 0 Å². The molecule has 17 heavy (non-hydrogen) atoms. The molecule has 0 spiro atoms. The summed E-state index contributed by atoms with van der Waals surface area (Å²) < 4.78 is 13.1. The van der Waals surface area contributed by atoms with Gasteiger partial charge in [0.2, 0.25) is 5.91 Å². The second kappa shape index (κ2) is 3.70. The Hall–Kier alpha value is -2.16. The Kier molecular flexibility index (Phi) is 2.18. The lowest BCUT2D eigenvalue weighted by molar-refractivity contribution is -0.115. The summed E-state index contributed by atoms with van der Waals surface area (Å²) in [4.78, 5) is 11.2. The molecule has 3 rings (SSSR count). The molecule has 0 aliphatic carbocycles. The molecule has 2 nitrogen and oxygen atoms in total. The minimum absolute atomic E-state index is 0.0105. The number of amides is 1. The van der Waals surface area contributed by atoms with Gasteiger partial charge in [-0.05, 0) is 41.0 Å². The number of benzene rings is 2. The Labute approximate surface area is 98.1 Å². The summed E-state index contributed by atoms with van der Waals surface area (Å²) in [5.74, 6) is -0.242. The fraction of sp³-hybridized carbons (Fsp3) is 0.0714. The van der Waals surface area contributed by atoms with Gasteiger partial charge < -0.3 is 5.32 Å². The third-order valence-corrected chi connectivity index (χ3v) is 2.89. The number of carbonyl (C=O) groups is 1. The average molecular weight is 227 g/mol. The summed E-state index contributed by atoms with van der Waals surface area (Å²) in [7, 11) is 0. The SMILES string of the molecule is O=C1Cc2cc(-c3cccc(F)c3)ccc2N1. The smallest absolute Gasteiger partial charge is 0.228 e. The highest BCUT2D eigenvalue weighted by Gasteiger charge is 2.17. The van der Waals surface area contributed by atoms with Crippen LogP contribution in [-0.2, 0) is 11.2 Å². The number of hydrogen-bond acceptors (Lipinski definition) is 1. The van der Waals surface area contributed by atoms with E-state index in [-0.39, 0.29) is 11.7 Å². The Morgan fingerprint density at radius 2 is 1.88 bits per heavy atom. The van der Waals surface area contributed by atoms with Crippen molar-refractivity contribution < 1.29 is 9.18 Å². The fourth-order valence-electron chi connectivity index (χ4n) is 2.08. The first kappa shape index (κ1) is 10.0. The molecule has 0 aromatic heterocycles. The van der Waals surface area contributed by atoms with Gasteiger partial charge in [0.15, 0.2) is 0 Å². The third kappa shape index (κ3) is 1.80. The number of rotatable bonds is 1. The molecule has 1 N–H and O–H groups in total. The normalized spacial score (nSPS) is 13.4. The minimum atomic E-state index is -0.253. The zero-order valence-electron chi connectivity index (χ0n) is 9.03. The van der Waals surface area contributed by atoms with E-state index in [4.69, 9.17) is 0 Å². The standard InChI is InChI=1S/C14H10FNO/c15-12-3-1-2-9(7-12)10-4-5-13-11(6-10)8-14(17)16-13/h1-7H,8H2,(H,16,17). The maximum atomic E-state index is 13.1. The first-order valence-corrected chi connectivity index (χ1v) is 5.41. The lowest BCUT2D eigenvalue weighted by Gasteiger charge is -2.04. The van der Waals surface area contributed by atoms with Crippen LogP contribution in [0.1, 0.15) is 5.56 Å². The van der Waals surface area contributed by atoms with Gasteiger partial charge in [-0.15, -0.1) is 0 Å². The van der Waals surface area contributed by atoms with Crippen LogP contribution in [0.3, 0.4) is 0 Å². The molecule has 1 heterocycles. The fourth-order valence-corrected chi connectivity index (χ4v) is 2.08. The highest BCUT2D eigenvalue weighted by atomic mass is 19.1. The van der Waals surface area contributed by atoms with Gasteiger partial charge in [0.25, 0.3) is 0 Å². The van der Waals surface area contributed by atoms with Crippen LogP contribution < -0.4 is 5.32 Å². The molecule has 2 aromatic carbocycles. The van der Waals surface area contributed by atoms with Gasteiger partial charge in [0, 0.05) is 5.69 Å². The molecule has 2 aromatic rings. The Morgan fingerprint density at radius 3 is 2.71 bits per heavy atom. The van der Waals surface area contributed by atoms with E-state index in [1.807, 2.05) is 24.3 Å². The number of carbonyl (C=O) groups excluding carboxylic acids is 1. The highest BCUT2D eigenvalue weighted by molar-refractivity contribution is 5.99. The van der Waals surface area contributed by atoms with Crippen LogP contribution in [0, 0.1) is 5.82 Å². The van der Waals surface area contributed by atoms with Crippen molar-refractivity contribution in [3.05, 3.63) is 53.8 Å². The molecule has 0 atom stereocenters. The van der Waals surface area contributed by atoms with Gasteiger partial charge in [0.1, 0.15) is 5.82 Å². The quantitative estimate of drug-likeness (QED) is 0.797.